The minimum absolute atomic E-state index is 0. The molecule has 0 radical (unpaired) electrons. The summed E-state index contributed by atoms with van der Waals surface area (Å²) in [6.07, 6.45) is -3.48. The molecule has 2 fully saturated rings. The van der Waals surface area contributed by atoms with Gasteiger partial charge in [-0.25, -0.2) is 0 Å². The highest BCUT2D eigenvalue weighted by Crippen LogP contribution is 2.20. The Kier molecular flexibility index (Phi) is 10.1. The van der Waals surface area contributed by atoms with E-state index in [4.69, 9.17) is 4.74 Å². The van der Waals surface area contributed by atoms with Crippen LogP contribution in [0.25, 0.3) is 0 Å². The molecule has 30 heavy (non-hydrogen) atoms. The van der Waals surface area contributed by atoms with Crippen LogP contribution in [0.5, 0.6) is 0 Å². The molecular formula is C20H31F3IN5O. The van der Waals surface area contributed by atoms with E-state index < -0.39 is 12.7 Å². The van der Waals surface area contributed by atoms with Gasteiger partial charge in [-0.3, -0.25) is 14.8 Å². The van der Waals surface area contributed by atoms with Crippen molar-refractivity contribution in [2.24, 2.45) is 4.99 Å². The van der Waals surface area contributed by atoms with Crippen molar-refractivity contribution in [1.82, 2.24) is 20.4 Å². The molecule has 1 aromatic rings. The van der Waals surface area contributed by atoms with Crippen molar-refractivity contribution >= 4 is 29.9 Å². The zero-order valence-corrected chi connectivity index (χ0v) is 19.6. The van der Waals surface area contributed by atoms with Crippen LogP contribution in [0.2, 0.25) is 0 Å². The lowest BCUT2D eigenvalue weighted by Crippen LogP contribution is -2.44. The molecule has 1 unspecified atom stereocenters. The van der Waals surface area contributed by atoms with E-state index in [0.717, 1.165) is 38.4 Å². The van der Waals surface area contributed by atoms with Crippen molar-refractivity contribution in [3.05, 3.63) is 35.4 Å². The summed E-state index contributed by atoms with van der Waals surface area (Å²) < 4.78 is 43.0. The van der Waals surface area contributed by atoms with Crippen molar-refractivity contribution in [3.63, 3.8) is 0 Å². The first-order valence-electron chi connectivity index (χ1n) is 10.1. The molecule has 2 saturated heterocycles. The van der Waals surface area contributed by atoms with Gasteiger partial charge in [0.15, 0.2) is 5.96 Å². The molecule has 1 aromatic carbocycles. The SMILES string of the molecule is CN=C(NCc1ccc(CN2CCOCC2)cc1)NC1CCN(CC(F)(F)F)C1.I. The van der Waals surface area contributed by atoms with E-state index in [-0.39, 0.29) is 30.0 Å². The number of aliphatic imine (C=N–C) groups is 1. The summed E-state index contributed by atoms with van der Waals surface area (Å²) in [5.74, 6) is 0.612. The van der Waals surface area contributed by atoms with Crippen molar-refractivity contribution in [1.29, 1.82) is 0 Å². The van der Waals surface area contributed by atoms with Gasteiger partial charge in [-0.1, -0.05) is 24.3 Å². The van der Waals surface area contributed by atoms with E-state index in [1.807, 2.05) is 0 Å². The number of rotatable bonds is 6. The molecule has 0 amide bonds. The Morgan fingerprint density at radius 3 is 2.40 bits per heavy atom. The van der Waals surface area contributed by atoms with Gasteiger partial charge in [0.05, 0.1) is 19.8 Å². The second-order valence-electron chi connectivity index (χ2n) is 7.61. The molecule has 2 N–H and O–H groups in total. The number of ether oxygens (including phenoxy) is 1. The largest absolute Gasteiger partial charge is 0.401 e. The molecule has 2 aliphatic rings. The van der Waals surface area contributed by atoms with Crippen molar-refractivity contribution in [3.8, 4) is 0 Å². The van der Waals surface area contributed by atoms with Crippen molar-refractivity contribution in [2.45, 2.75) is 31.7 Å². The summed E-state index contributed by atoms with van der Waals surface area (Å²) in [6.45, 7) is 5.02. The van der Waals surface area contributed by atoms with E-state index in [1.165, 1.54) is 10.5 Å². The van der Waals surface area contributed by atoms with Gasteiger partial charge in [0.2, 0.25) is 0 Å². The zero-order valence-electron chi connectivity index (χ0n) is 17.2. The van der Waals surface area contributed by atoms with Crippen LogP contribution in [-0.4, -0.2) is 81.0 Å². The molecule has 1 atom stereocenters. The summed E-state index contributed by atoms with van der Waals surface area (Å²) in [6, 6.07) is 8.43. The third-order valence-corrected chi connectivity index (χ3v) is 5.23. The van der Waals surface area contributed by atoms with Crippen LogP contribution >= 0.6 is 24.0 Å². The normalized spacial score (nSPS) is 21.3. The number of nitrogens with one attached hydrogen (secondary N) is 2. The summed E-state index contributed by atoms with van der Waals surface area (Å²) in [7, 11) is 1.67. The van der Waals surface area contributed by atoms with Crippen molar-refractivity contribution in [2.75, 3.05) is 53.0 Å². The average Bonchev–Trinajstić information content (AvgIpc) is 3.12. The first-order chi connectivity index (χ1) is 13.9. The van der Waals surface area contributed by atoms with Gasteiger partial charge in [-0.2, -0.15) is 13.2 Å². The third kappa shape index (κ3) is 8.56. The third-order valence-electron chi connectivity index (χ3n) is 5.23. The highest BCUT2D eigenvalue weighted by molar-refractivity contribution is 14.0. The fourth-order valence-electron chi connectivity index (χ4n) is 3.70. The predicted molar refractivity (Wildman–Crippen MR) is 122 cm³/mol. The van der Waals surface area contributed by atoms with Gasteiger partial charge in [0.1, 0.15) is 0 Å². The van der Waals surface area contributed by atoms with Crippen LogP contribution in [0.1, 0.15) is 17.5 Å². The number of guanidine groups is 1. The van der Waals surface area contributed by atoms with E-state index in [1.54, 1.807) is 7.05 Å². The number of morpholine rings is 1. The summed E-state index contributed by atoms with van der Waals surface area (Å²) in [5.41, 5.74) is 2.40. The Bertz CT molecular complexity index is 665. The second kappa shape index (κ2) is 12.1. The number of halogens is 4. The van der Waals surface area contributed by atoms with Gasteiger partial charge in [-0.15, -0.1) is 24.0 Å². The van der Waals surface area contributed by atoms with E-state index in [9.17, 15) is 13.2 Å². The molecule has 170 valence electrons. The second-order valence-corrected chi connectivity index (χ2v) is 7.61. The molecule has 0 bridgehead atoms. The number of alkyl halides is 3. The molecular weight excluding hydrogens is 510 g/mol. The van der Waals surface area contributed by atoms with Gasteiger partial charge in [-0.05, 0) is 17.5 Å². The van der Waals surface area contributed by atoms with E-state index in [0.29, 0.717) is 32.0 Å². The summed E-state index contributed by atoms with van der Waals surface area (Å²) in [5, 5.41) is 6.48. The average molecular weight is 541 g/mol. The minimum atomic E-state index is -4.15. The maximum Gasteiger partial charge on any atom is 0.401 e. The maximum absolute atomic E-state index is 12.5. The van der Waals surface area contributed by atoms with Gasteiger partial charge < -0.3 is 15.4 Å². The van der Waals surface area contributed by atoms with Crippen LogP contribution in [0, 0.1) is 0 Å². The molecule has 0 spiro atoms. The van der Waals surface area contributed by atoms with Crippen LogP contribution < -0.4 is 10.6 Å². The molecule has 2 heterocycles. The number of nitrogens with zero attached hydrogens (tertiary/aromatic N) is 3. The summed E-state index contributed by atoms with van der Waals surface area (Å²) >= 11 is 0. The van der Waals surface area contributed by atoms with Crippen LogP contribution in [0.3, 0.4) is 0 Å². The first-order valence-corrected chi connectivity index (χ1v) is 10.1. The van der Waals surface area contributed by atoms with Crippen LogP contribution in [0.4, 0.5) is 13.2 Å². The van der Waals surface area contributed by atoms with Crippen LogP contribution in [0.15, 0.2) is 29.3 Å². The molecule has 3 rings (SSSR count). The number of benzene rings is 1. The molecule has 6 nitrogen and oxygen atoms in total. The highest BCUT2D eigenvalue weighted by atomic mass is 127. The highest BCUT2D eigenvalue weighted by Gasteiger charge is 2.34. The first kappa shape index (κ1) is 25.2. The fraction of sp³-hybridized carbons (Fsp3) is 0.650. The van der Waals surface area contributed by atoms with E-state index in [2.05, 4.69) is 44.8 Å². The monoisotopic (exact) mass is 541 g/mol. The topological polar surface area (TPSA) is 52.1 Å². The molecule has 0 aliphatic carbocycles. The van der Waals surface area contributed by atoms with Gasteiger partial charge in [0.25, 0.3) is 0 Å². The van der Waals surface area contributed by atoms with Gasteiger partial charge >= 0.3 is 6.18 Å². The number of likely N-dealkylation sites (tertiary alicyclic amines) is 1. The smallest absolute Gasteiger partial charge is 0.379 e. The quantitative estimate of drug-likeness (QED) is 0.330. The Labute approximate surface area is 193 Å². The lowest BCUT2D eigenvalue weighted by molar-refractivity contribution is -0.143. The standard InChI is InChI=1S/C20H30F3N5O.HI/c1-24-19(26-18-6-7-28(14-18)15-20(21,22)23)25-12-16-2-4-17(5-3-16)13-27-8-10-29-11-9-27;/h2-5,18H,6-15H2,1H3,(H2,24,25,26);1H. The number of hydrogen-bond donors (Lipinski definition) is 2. The minimum Gasteiger partial charge on any atom is -0.379 e. The fourth-order valence-corrected chi connectivity index (χ4v) is 3.70. The maximum atomic E-state index is 12.5. The van der Waals surface area contributed by atoms with Crippen LogP contribution in [-0.2, 0) is 17.8 Å². The Morgan fingerprint density at radius 2 is 1.77 bits per heavy atom. The molecule has 0 aromatic heterocycles. The summed E-state index contributed by atoms with van der Waals surface area (Å²) in [4.78, 5) is 8.01. The Hall–Kier alpha value is -1.11. The molecule has 10 heteroatoms. The van der Waals surface area contributed by atoms with Gasteiger partial charge in [0, 0.05) is 52.4 Å². The van der Waals surface area contributed by atoms with E-state index >= 15 is 0 Å². The number of hydrogen-bond acceptors (Lipinski definition) is 4. The lowest BCUT2D eigenvalue weighted by atomic mass is 10.1. The zero-order chi connectivity index (χ0) is 20.7. The Balaban J connectivity index is 0.00000320. The lowest BCUT2D eigenvalue weighted by Gasteiger charge is -2.26. The molecule has 0 saturated carbocycles. The Morgan fingerprint density at radius 1 is 1.10 bits per heavy atom. The molecule has 2 aliphatic heterocycles. The predicted octanol–water partition coefficient (Wildman–Crippen LogP) is 2.44. The van der Waals surface area contributed by atoms with Crippen molar-refractivity contribution < 1.29 is 17.9 Å².